The van der Waals surface area contributed by atoms with Gasteiger partial charge in [-0.05, 0) is 72.6 Å². The molecule has 2 aromatic rings. The molecule has 1 aliphatic carbocycles. The predicted molar refractivity (Wildman–Crippen MR) is 125 cm³/mol. The normalized spacial score (nSPS) is 21.3. The lowest BCUT2D eigenvalue weighted by atomic mass is 9.89. The third-order valence-electron chi connectivity index (χ3n) is 7.31. The molecule has 1 atom stereocenters. The molecule has 0 bridgehead atoms. The summed E-state index contributed by atoms with van der Waals surface area (Å²) in [5.74, 6) is 0.607. The Hall–Kier alpha value is -3.55. The lowest BCUT2D eigenvalue weighted by Gasteiger charge is -2.30. The number of carbonyl (C=O) groups is 3. The Balaban J connectivity index is 1.31. The summed E-state index contributed by atoms with van der Waals surface area (Å²) < 4.78 is 10.8. The van der Waals surface area contributed by atoms with Crippen LogP contribution < -0.4 is 14.8 Å². The Morgan fingerprint density at radius 3 is 2.38 bits per heavy atom. The summed E-state index contributed by atoms with van der Waals surface area (Å²) in [7, 11) is 3.17. The summed E-state index contributed by atoms with van der Waals surface area (Å²) >= 11 is 0. The van der Waals surface area contributed by atoms with Crippen molar-refractivity contribution in [3.8, 4) is 11.5 Å². The van der Waals surface area contributed by atoms with Gasteiger partial charge < -0.3 is 19.7 Å². The molecule has 1 fully saturated rings. The zero-order valence-electron chi connectivity index (χ0n) is 19.8. The van der Waals surface area contributed by atoms with Crippen molar-refractivity contribution in [3.63, 3.8) is 0 Å². The molecule has 1 N–H and O–H groups in total. The number of benzene rings is 2. The lowest BCUT2D eigenvalue weighted by Crippen LogP contribution is -2.45. The Morgan fingerprint density at radius 1 is 0.971 bits per heavy atom. The summed E-state index contributed by atoms with van der Waals surface area (Å²) in [4.78, 5) is 42.0. The van der Waals surface area contributed by atoms with Crippen LogP contribution in [0.15, 0.2) is 30.3 Å². The molecule has 178 valence electrons. The van der Waals surface area contributed by atoms with Gasteiger partial charge in [-0.1, -0.05) is 18.2 Å². The van der Waals surface area contributed by atoms with E-state index in [1.54, 1.807) is 26.0 Å². The first-order valence-corrected chi connectivity index (χ1v) is 11.6. The number of hydrogen-bond acceptors (Lipinski definition) is 5. The second kappa shape index (κ2) is 8.34. The monoisotopic (exact) mass is 463 g/mol. The molecule has 2 heterocycles. The number of urea groups is 1. The number of amides is 4. The first kappa shape index (κ1) is 22.3. The van der Waals surface area contributed by atoms with Crippen molar-refractivity contribution in [2.75, 3.05) is 27.3 Å². The van der Waals surface area contributed by atoms with Gasteiger partial charge in [0.05, 0.1) is 14.2 Å². The largest absolute Gasteiger partial charge is 0.493 e. The fourth-order valence-corrected chi connectivity index (χ4v) is 5.25. The van der Waals surface area contributed by atoms with Gasteiger partial charge >= 0.3 is 6.03 Å². The lowest BCUT2D eigenvalue weighted by molar-refractivity contribution is -0.139. The van der Waals surface area contributed by atoms with Crippen molar-refractivity contribution in [2.45, 2.75) is 44.7 Å². The summed E-state index contributed by atoms with van der Waals surface area (Å²) in [5.41, 5.74) is 4.19. The van der Waals surface area contributed by atoms with E-state index in [1.165, 1.54) is 11.1 Å². The Kier molecular flexibility index (Phi) is 5.46. The smallest absolute Gasteiger partial charge is 0.325 e. The van der Waals surface area contributed by atoms with E-state index in [2.05, 4.69) is 5.32 Å². The summed E-state index contributed by atoms with van der Waals surface area (Å²) in [6.45, 7) is 2.33. The quantitative estimate of drug-likeness (QED) is 0.689. The van der Waals surface area contributed by atoms with E-state index in [0.29, 0.717) is 31.0 Å². The van der Waals surface area contributed by atoms with Gasteiger partial charge in [-0.25, -0.2) is 4.79 Å². The SMILES string of the molecule is COc1cc2c(cc1OC)CN(C(=O)CN1C(=O)NC(C)(c3ccc4c(c3)CCC4)C1=O)CC2. The average Bonchev–Trinajstić information content (AvgIpc) is 3.40. The summed E-state index contributed by atoms with van der Waals surface area (Å²) in [6, 6.07) is 9.27. The van der Waals surface area contributed by atoms with Crippen molar-refractivity contribution >= 4 is 17.8 Å². The molecule has 0 spiro atoms. The number of aryl methyl sites for hydroxylation is 2. The van der Waals surface area contributed by atoms with Crippen molar-refractivity contribution in [3.05, 3.63) is 58.1 Å². The topological polar surface area (TPSA) is 88.2 Å². The highest BCUT2D eigenvalue weighted by Crippen LogP contribution is 2.34. The van der Waals surface area contributed by atoms with Crippen LogP contribution >= 0.6 is 0 Å². The molecule has 2 aromatic carbocycles. The highest BCUT2D eigenvalue weighted by molar-refractivity contribution is 6.09. The minimum Gasteiger partial charge on any atom is -0.493 e. The number of fused-ring (bicyclic) bond motifs is 2. The standard InChI is InChI=1S/C26H29N3O5/c1-26(20-8-7-16-5-4-6-17(16)11-20)24(31)29(25(32)27-26)15-23(30)28-10-9-18-12-21(33-2)22(34-3)13-19(18)14-28/h7-8,11-13H,4-6,9-10,14-15H2,1-3H3,(H,27,32). The van der Waals surface area contributed by atoms with Gasteiger partial charge in [0.1, 0.15) is 12.1 Å². The second-order valence-electron chi connectivity index (χ2n) is 9.32. The van der Waals surface area contributed by atoms with Crippen LogP contribution in [0.3, 0.4) is 0 Å². The molecule has 3 aliphatic rings. The molecular weight excluding hydrogens is 434 g/mol. The van der Waals surface area contributed by atoms with E-state index < -0.39 is 17.5 Å². The van der Waals surface area contributed by atoms with E-state index in [1.807, 2.05) is 30.3 Å². The molecule has 0 saturated carbocycles. The van der Waals surface area contributed by atoms with E-state index >= 15 is 0 Å². The maximum Gasteiger partial charge on any atom is 0.325 e. The first-order chi connectivity index (χ1) is 16.3. The molecule has 4 amide bonds. The maximum absolute atomic E-state index is 13.4. The number of nitrogens with one attached hydrogen (secondary N) is 1. The van der Waals surface area contributed by atoms with Crippen LogP contribution in [0.2, 0.25) is 0 Å². The minimum absolute atomic E-state index is 0.262. The van der Waals surface area contributed by atoms with Crippen LogP contribution in [0.1, 0.15) is 41.2 Å². The van der Waals surface area contributed by atoms with Gasteiger partial charge in [0, 0.05) is 13.1 Å². The van der Waals surface area contributed by atoms with Crippen LogP contribution in [0.5, 0.6) is 11.5 Å². The van der Waals surface area contributed by atoms with Crippen LogP contribution in [0.4, 0.5) is 4.79 Å². The highest BCUT2D eigenvalue weighted by atomic mass is 16.5. The minimum atomic E-state index is -1.17. The van der Waals surface area contributed by atoms with Crippen molar-refractivity contribution < 1.29 is 23.9 Å². The van der Waals surface area contributed by atoms with Gasteiger partial charge in [-0.3, -0.25) is 14.5 Å². The van der Waals surface area contributed by atoms with Crippen molar-refractivity contribution in [1.29, 1.82) is 0 Å². The van der Waals surface area contributed by atoms with Gasteiger partial charge in [0.15, 0.2) is 11.5 Å². The molecule has 1 saturated heterocycles. The zero-order chi connectivity index (χ0) is 24.0. The third kappa shape index (κ3) is 3.57. The molecule has 5 rings (SSSR count). The van der Waals surface area contributed by atoms with Crippen molar-refractivity contribution in [1.82, 2.24) is 15.1 Å². The summed E-state index contributed by atoms with van der Waals surface area (Å²) in [6.07, 6.45) is 3.80. The number of carbonyl (C=O) groups excluding carboxylic acids is 3. The molecular formula is C26H29N3O5. The van der Waals surface area contributed by atoms with Crippen molar-refractivity contribution in [2.24, 2.45) is 0 Å². The van der Waals surface area contributed by atoms with E-state index in [4.69, 9.17) is 9.47 Å². The molecule has 2 aliphatic heterocycles. The Bertz CT molecular complexity index is 1190. The molecule has 1 unspecified atom stereocenters. The number of methoxy groups -OCH3 is 2. The number of hydrogen-bond donors (Lipinski definition) is 1. The number of nitrogens with zero attached hydrogens (tertiary/aromatic N) is 2. The van der Waals surface area contributed by atoms with Crippen LogP contribution in [-0.2, 0) is 40.9 Å². The fraction of sp³-hybridized carbons (Fsp3) is 0.423. The van der Waals surface area contributed by atoms with Gasteiger partial charge in [-0.15, -0.1) is 0 Å². The second-order valence-corrected chi connectivity index (χ2v) is 9.32. The fourth-order valence-electron chi connectivity index (χ4n) is 5.25. The third-order valence-corrected chi connectivity index (χ3v) is 7.31. The summed E-state index contributed by atoms with van der Waals surface area (Å²) in [5, 5.41) is 2.83. The van der Waals surface area contributed by atoms with Gasteiger partial charge in [0.25, 0.3) is 5.91 Å². The number of ether oxygens (including phenoxy) is 2. The first-order valence-electron chi connectivity index (χ1n) is 11.6. The maximum atomic E-state index is 13.4. The van der Waals surface area contributed by atoms with Crippen LogP contribution in [-0.4, -0.2) is 55.0 Å². The molecule has 34 heavy (non-hydrogen) atoms. The molecule has 0 aromatic heterocycles. The van der Waals surface area contributed by atoms with E-state index in [9.17, 15) is 14.4 Å². The average molecular weight is 464 g/mol. The molecule has 8 heteroatoms. The van der Waals surface area contributed by atoms with Crippen LogP contribution in [0.25, 0.3) is 0 Å². The predicted octanol–water partition coefficient (Wildman–Crippen LogP) is 2.54. The van der Waals surface area contributed by atoms with E-state index in [0.717, 1.165) is 40.9 Å². The molecule has 8 nitrogen and oxygen atoms in total. The Labute approximate surface area is 198 Å². The number of rotatable bonds is 5. The van der Waals surface area contributed by atoms with Gasteiger partial charge in [-0.2, -0.15) is 0 Å². The molecule has 0 radical (unpaired) electrons. The van der Waals surface area contributed by atoms with Crippen LogP contribution in [0, 0.1) is 0 Å². The zero-order valence-corrected chi connectivity index (χ0v) is 19.8. The highest BCUT2D eigenvalue weighted by Gasteiger charge is 2.50. The number of imide groups is 1. The van der Waals surface area contributed by atoms with E-state index in [-0.39, 0.29) is 12.5 Å². The Morgan fingerprint density at radius 2 is 1.65 bits per heavy atom. The van der Waals surface area contributed by atoms with Gasteiger partial charge in [0.2, 0.25) is 5.91 Å².